The molecule has 0 amide bonds. The van der Waals surface area contributed by atoms with Crippen molar-refractivity contribution in [3.05, 3.63) is 40.4 Å². The van der Waals surface area contributed by atoms with E-state index >= 15 is 0 Å². The summed E-state index contributed by atoms with van der Waals surface area (Å²) in [6, 6.07) is 6.21. The normalized spacial score (nSPS) is 15.8. The number of nitrogens with zero attached hydrogens (tertiary/aromatic N) is 3. The number of anilines is 1. The topological polar surface area (TPSA) is 49.8 Å². The minimum atomic E-state index is 0.811. The monoisotopic (exact) mass is 344 g/mol. The Hall–Kier alpha value is -1.92. The van der Waals surface area contributed by atoms with E-state index in [2.05, 4.69) is 26.5 Å². The summed E-state index contributed by atoms with van der Waals surface area (Å²) in [6.07, 6.45) is 5.76. The number of rotatable bonds is 6. The van der Waals surface area contributed by atoms with Crippen LogP contribution in [-0.4, -0.2) is 36.3 Å². The van der Waals surface area contributed by atoms with E-state index in [0.717, 1.165) is 28.7 Å². The van der Waals surface area contributed by atoms with Gasteiger partial charge in [0.2, 0.25) is 5.13 Å². The molecule has 0 bridgehead atoms. The fraction of sp³-hybridized carbons (Fsp3) is 0.444. The molecular formula is C18H24N4OS. The Bertz CT molecular complexity index is 692. The molecule has 1 aromatic heterocycles. The van der Waals surface area contributed by atoms with Crippen LogP contribution < -0.4 is 10.2 Å². The van der Waals surface area contributed by atoms with Crippen molar-refractivity contribution in [2.24, 2.45) is 5.10 Å². The largest absolute Gasteiger partial charge is 0.496 e. The van der Waals surface area contributed by atoms with Gasteiger partial charge in [0.25, 0.3) is 0 Å². The summed E-state index contributed by atoms with van der Waals surface area (Å²) in [6.45, 7) is 5.25. The maximum absolute atomic E-state index is 5.52. The predicted octanol–water partition coefficient (Wildman–Crippen LogP) is 3.89. The number of methoxy groups -OCH3 is 1. The van der Waals surface area contributed by atoms with Crippen LogP contribution in [0.2, 0.25) is 0 Å². The van der Waals surface area contributed by atoms with E-state index in [1.165, 1.54) is 37.9 Å². The van der Waals surface area contributed by atoms with Crippen LogP contribution in [0.4, 0.5) is 5.13 Å². The molecular weight excluding hydrogens is 320 g/mol. The van der Waals surface area contributed by atoms with E-state index in [9.17, 15) is 0 Å². The van der Waals surface area contributed by atoms with Gasteiger partial charge >= 0.3 is 0 Å². The lowest BCUT2D eigenvalue weighted by Crippen LogP contribution is -2.29. The highest BCUT2D eigenvalue weighted by Crippen LogP contribution is 2.23. The number of aromatic nitrogens is 1. The van der Waals surface area contributed by atoms with Crippen LogP contribution >= 0.6 is 11.3 Å². The lowest BCUT2D eigenvalue weighted by Gasteiger charge is -2.27. The van der Waals surface area contributed by atoms with Crippen molar-refractivity contribution in [3.63, 3.8) is 0 Å². The van der Waals surface area contributed by atoms with Crippen molar-refractivity contribution < 1.29 is 4.74 Å². The number of thiazole rings is 1. The zero-order valence-corrected chi connectivity index (χ0v) is 15.1. The van der Waals surface area contributed by atoms with Crippen molar-refractivity contribution in [2.45, 2.75) is 32.7 Å². The number of likely N-dealkylation sites (tertiary alicyclic amines) is 1. The molecule has 2 heterocycles. The minimum absolute atomic E-state index is 0.811. The first-order valence-electron chi connectivity index (χ1n) is 8.35. The van der Waals surface area contributed by atoms with Crippen molar-refractivity contribution in [1.82, 2.24) is 9.88 Å². The average Bonchev–Trinajstić information content (AvgIpc) is 3.01. The minimum Gasteiger partial charge on any atom is -0.496 e. The first-order chi connectivity index (χ1) is 11.7. The summed E-state index contributed by atoms with van der Waals surface area (Å²) in [5.74, 6) is 0.946. The van der Waals surface area contributed by atoms with Gasteiger partial charge in [-0.2, -0.15) is 5.10 Å². The third-order valence-electron chi connectivity index (χ3n) is 4.14. The van der Waals surface area contributed by atoms with Gasteiger partial charge in [-0.1, -0.05) is 6.42 Å². The second-order valence-corrected chi connectivity index (χ2v) is 6.93. The van der Waals surface area contributed by atoms with Crippen LogP contribution in [0.25, 0.3) is 0 Å². The van der Waals surface area contributed by atoms with Gasteiger partial charge in [-0.25, -0.2) is 4.98 Å². The van der Waals surface area contributed by atoms with E-state index in [4.69, 9.17) is 4.74 Å². The fourth-order valence-corrected chi connectivity index (χ4v) is 3.57. The Morgan fingerprint density at radius 2 is 2.17 bits per heavy atom. The maximum Gasteiger partial charge on any atom is 0.203 e. The van der Waals surface area contributed by atoms with Gasteiger partial charge in [0.05, 0.1) is 19.0 Å². The van der Waals surface area contributed by atoms with Gasteiger partial charge in [0, 0.05) is 17.5 Å². The standard InChI is InChI=1S/C18H24N4OS/c1-14-13-24-18(20-14)21-19-11-15-6-7-17(23-2)16(10-15)12-22-8-4-3-5-9-22/h6-7,10-11,13H,3-5,8-9,12H2,1-2H3,(H,20,21). The van der Waals surface area contributed by atoms with E-state index in [1.807, 2.05) is 30.7 Å². The molecule has 1 N–H and O–H groups in total. The number of hydrogen-bond acceptors (Lipinski definition) is 6. The zero-order valence-electron chi connectivity index (χ0n) is 14.3. The number of aryl methyl sites for hydroxylation is 1. The summed E-state index contributed by atoms with van der Waals surface area (Å²) >= 11 is 1.55. The van der Waals surface area contributed by atoms with E-state index in [0.29, 0.717) is 0 Å². The Morgan fingerprint density at radius 1 is 1.33 bits per heavy atom. The Morgan fingerprint density at radius 3 is 2.88 bits per heavy atom. The number of hydrogen-bond donors (Lipinski definition) is 1. The van der Waals surface area contributed by atoms with Crippen LogP contribution in [-0.2, 0) is 6.54 Å². The van der Waals surface area contributed by atoms with E-state index in [-0.39, 0.29) is 0 Å². The van der Waals surface area contributed by atoms with Crippen LogP contribution in [0.3, 0.4) is 0 Å². The third-order valence-corrected chi connectivity index (χ3v) is 5.00. The van der Waals surface area contributed by atoms with E-state index < -0.39 is 0 Å². The highest BCUT2D eigenvalue weighted by Gasteiger charge is 2.13. The lowest BCUT2D eigenvalue weighted by molar-refractivity contribution is 0.218. The maximum atomic E-state index is 5.52. The number of hydrazone groups is 1. The Balaban J connectivity index is 1.68. The molecule has 3 rings (SSSR count). The van der Waals surface area contributed by atoms with Crippen LogP contribution in [0.1, 0.15) is 36.1 Å². The molecule has 5 nitrogen and oxygen atoms in total. The number of benzene rings is 1. The van der Waals surface area contributed by atoms with Crippen molar-refractivity contribution in [1.29, 1.82) is 0 Å². The molecule has 0 saturated carbocycles. The molecule has 0 aliphatic carbocycles. The summed E-state index contributed by atoms with van der Waals surface area (Å²) in [5.41, 5.74) is 6.26. The second kappa shape index (κ2) is 8.26. The lowest BCUT2D eigenvalue weighted by atomic mass is 10.1. The van der Waals surface area contributed by atoms with Gasteiger partial charge in [-0.3, -0.25) is 10.3 Å². The summed E-state index contributed by atoms with van der Waals surface area (Å²) < 4.78 is 5.52. The highest BCUT2D eigenvalue weighted by molar-refractivity contribution is 7.13. The number of piperidine rings is 1. The van der Waals surface area contributed by atoms with Crippen molar-refractivity contribution in [2.75, 3.05) is 25.6 Å². The molecule has 0 spiro atoms. The van der Waals surface area contributed by atoms with Crippen molar-refractivity contribution >= 4 is 22.7 Å². The first kappa shape index (κ1) is 16.9. The second-order valence-electron chi connectivity index (χ2n) is 6.07. The average molecular weight is 344 g/mol. The quantitative estimate of drug-likeness (QED) is 0.638. The molecule has 0 unspecified atom stereocenters. The summed E-state index contributed by atoms with van der Waals surface area (Å²) in [4.78, 5) is 6.83. The highest BCUT2D eigenvalue weighted by atomic mass is 32.1. The van der Waals surface area contributed by atoms with Crippen molar-refractivity contribution in [3.8, 4) is 5.75 Å². The molecule has 0 radical (unpaired) electrons. The summed E-state index contributed by atoms with van der Waals surface area (Å²) in [7, 11) is 1.73. The molecule has 1 aliphatic heterocycles. The van der Waals surface area contributed by atoms with Crippen LogP contribution in [0.15, 0.2) is 28.7 Å². The van der Waals surface area contributed by atoms with E-state index in [1.54, 1.807) is 18.4 Å². The van der Waals surface area contributed by atoms with Crippen LogP contribution in [0.5, 0.6) is 5.75 Å². The molecule has 1 aromatic carbocycles. The molecule has 0 atom stereocenters. The molecule has 1 aliphatic rings. The van der Waals surface area contributed by atoms with Gasteiger partial charge in [-0.05, 0) is 56.6 Å². The van der Waals surface area contributed by atoms with Gasteiger partial charge in [-0.15, -0.1) is 11.3 Å². The Kier molecular flexibility index (Phi) is 5.82. The Labute approximate surface area is 147 Å². The fourth-order valence-electron chi connectivity index (χ4n) is 2.93. The SMILES string of the molecule is COc1ccc(C=NNc2nc(C)cs2)cc1CN1CCCCC1. The predicted molar refractivity (Wildman–Crippen MR) is 100 cm³/mol. The molecule has 1 saturated heterocycles. The molecule has 6 heteroatoms. The molecule has 2 aromatic rings. The smallest absolute Gasteiger partial charge is 0.203 e. The van der Waals surface area contributed by atoms with Gasteiger partial charge < -0.3 is 4.74 Å². The third kappa shape index (κ3) is 4.55. The molecule has 128 valence electrons. The zero-order chi connectivity index (χ0) is 16.8. The number of nitrogens with one attached hydrogen (secondary N) is 1. The van der Waals surface area contributed by atoms with Crippen LogP contribution in [0, 0.1) is 6.92 Å². The molecule has 1 fully saturated rings. The summed E-state index contributed by atoms with van der Waals surface area (Å²) in [5, 5.41) is 7.10. The van der Waals surface area contributed by atoms with Gasteiger partial charge in [0.15, 0.2) is 0 Å². The first-order valence-corrected chi connectivity index (χ1v) is 9.23. The van der Waals surface area contributed by atoms with Gasteiger partial charge in [0.1, 0.15) is 5.75 Å². The number of ether oxygens (including phenoxy) is 1. The molecule has 24 heavy (non-hydrogen) atoms.